The zero-order valence-corrected chi connectivity index (χ0v) is 8.95. The van der Waals surface area contributed by atoms with Crippen LogP contribution >= 0.6 is 11.6 Å². The molecule has 0 aliphatic heterocycles. The summed E-state index contributed by atoms with van der Waals surface area (Å²) in [5, 5.41) is 3.97. The van der Waals surface area contributed by atoms with Crippen molar-refractivity contribution in [3.8, 4) is 0 Å². The van der Waals surface area contributed by atoms with Crippen molar-refractivity contribution >= 4 is 17.1 Å². The molecule has 2 aromatic heterocycles. The highest BCUT2D eigenvalue weighted by Crippen LogP contribution is 2.13. The summed E-state index contributed by atoms with van der Waals surface area (Å²) in [7, 11) is 1.56. The Kier molecular flexibility index (Phi) is 2.45. The maximum atomic E-state index is 11.4. The molecule has 0 aliphatic carbocycles. The molecule has 15 heavy (non-hydrogen) atoms. The minimum absolute atomic E-state index is 0.0232. The van der Waals surface area contributed by atoms with E-state index in [9.17, 15) is 4.79 Å². The molecular weight excluding hydrogens is 220 g/mol. The first-order valence-corrected chi connectivity index (χ1v) is 4.67. The lowest BCUT2D eigenvalue weighted by Crippen LogP contribution is -2.14. The maximum Gasteiger partial charge on any atom is 0.277 e. The number of fused-ring (bicyclic) bond motifs is 1. The van der Waals surface area contributed by atoms with Gasteiger partial charge in [-0.2, -0.15) is 0 Å². The lowest BCUT2D eigenvalue weighted by Gasteiger charge is -2.06. The molecule has 1 unspecified atom stereocenters. The number of hydrogen-bond donors (Lipinski definition) is 1. The number of aromatic nitrogens is 4. The minimum atomic E-state index is -0.322. The lowest BCUT2D eigenvalue weighted by atomic mass is 10.4. The van der Waals surface area contributed by atoms with Crippen molar-refractivity contribution in [2.45, 2.75) is 13.0 Å². The second kappa shape index (κ2) is 3.63. The summed E-state index contributed by atoms with van der Waals surface area (Å²) in [6.07, 6.45) is 1.19. The Balaban J connectivity index is 2.74. The third kappa shape index (κ3) is 1.62. The molecule has 1 atom stereocenters. The van der Waals surface area contributed by atoms with Crippen LogP contribution in [0.3, 0.4) is 0 Å². The smallest absolute Gasteiger partial charge is 0.277 e. The molecule has 0 aliphatic rings. The van der Waals surface area contributed by atoms with Gasteiger partial charge in [0.2, 0.25) is 5.28 Å². The van der Waals surface area contributed by atoms with Gasteiger partial charge in [0, 0.05) is 7.11 Å². The van der Waals surface area contributed by atoms with Gasteiger partial charge in [0.25, 0.3) is 5.56 Å². The van der Waals surface area contributed by atoms with Gasteiger partial charge in [-0.05, 0) is 18.5 Å². The van der Waals surface area contributed by atoms with Gasteiger partial charge in [0.15, 0.2) is 11.3 Å². The van der Waals surface area contributed by atoms with Gasteiger partial charge < -0.3 is 4.74 Å². The van der Waals surface area contributed by atoms with E-state index in [1.807, 2.05) is 6.92 Å². The summed E-state index contributed by atoms with van der Waals surface area (Å²) >= 11 is 5.64. The van der Waals surface area contributed by atoms with Crippen molar-refractivity contribution in [3.05, 3.63) is 27.7 Å². The summed E-state index contributed by atoms with van der Waals surface area (Å²) in [6, 6.07) is 0. The molecule has 0 fully saturated rings. The fourth-order valence-corrected chi connectivity index (χ4v) is 1.43. The van der Waals surface area contributed by atoms with Gasteiger partial charge in [-0.1, -0.05) is 0 Å². The fraction of sp³-hybridized carbons (Fsp3) is 0.375. The van der Waals surface area contributed by atoms with Crippen LogP contribution in [0.5, 0.6) is 0 Å². The molecule has 0 amide bonds. The van der Waals surface area contributed by atoms with E-state index in [1.54, 1.807) is 7.11 Å². The Morgan fingerprint density at radius 3 is 3.07 bits per heavy atom. The maximum absolute atomic E-state index is 11.4. The largest absolute Gasteiger partial charge is 0.374 e. The quantitative estimate of drug-likeness (QED) is 0.825. The van der Waals surface area contributed by atoms with E-state index in [0.717, 1.165) is 0 Å². The van der Waals surface area contributed by atoms with Crippen molar-refractivity contribution in [1.29, 1.82) is 0 Å². The van der Waals surface area contributed by atoms with Crippen LogP contribution in [0, 0.1) is 0 Å². The molecule has 2 rings (SSSR count). The van der Waals surface area contributed by atoms with E-state index in [0.29, 0.717) is 11.3 Å². The molecule has 7 heteroatoms. The summed E-state index contributed by atoms with van der Waals surface area (Å²) < 4.78 is 6.49. The number of imidazole rings is 1. The topological polar surface area (TPSA) is 72.3 Å². The SMILES string of the molecule is COC(C)c1ncc2c(=O)[nH]c(Cl)nn12. The first-order chi connectivity index (χ1) is 7.13. The van der Waals surface area contributed by atoms with E-state index < -0.39 is 0 Å². The Morgan fingerprint density at radius 2 is 2.40 bits per heavy atom. The average molecular weight is 229 g/mol. The third-order valence-electron chi connectivity index (χ3n) is 2.12. The summed E-state index contributed by atoms with van der Waals surface area (Å²) in [4.78, 5) is 17.9. The van der Waals surface area contributed by atoms with Gasteiger partial charge in [0.1, 0.15) is 6.10 Å². The van der Waals surface area contributed by atoms with Crippen molar-refractivity contribution < 1.29 is 4.74 Å². The molecule has 0 saturated carbocycles. The van der Waals surface area contributed by atoms with Gasteiger partial charge in [-0.3, -0.25) is 9.78 Å². The van der Waals surface area contributed by atoms with Crippen LogP contribution in [-0.4, -0.2) is 26.7 Å². The first-order valence-electron chi connectivity index (χ1n) is 4.29. The van der Waals surface area contributed by atoms with Crippen molar-refractivity contribution in [2.24, 2.45) is 0 Å². The van der Waals surface area contributed by atoms with E-state index >= 15 is 0 Å². The number of methoxy groups -OCH3 is 1. The van der Waals surface area contributed by atoms with Gasteiger partial charge in [-0.15, -0.1) is 5.10 Å². The van der Waals surface area contributed by atoms with Gasteiger partial charge >= 0.3 is 0 Å². The van der Waals surface area contributed by atoms with Gasteiger partial charge in [-0.25, -0.2) is 9.50 Å². The average Bonchev–Trinajstić information content (AvgIpc) is 2.60. The number of ether oxygens (including phenoxy) is 1. The second-order valence-corrected chi connectivity index (χ2v) is 3.39. The highest BCUT2D eigenvalue weighted by atomic mass is 35.5. The van der Waals surface area contributed by atoms with E-state index in [2.05, 4.69) is 15.1 Å². The van der Waals surface area contributed by atoms with Crippen LogP contribution in [0.1, 0.15) is 18.9 Å². The fourth-order valence-electron chi connectivity index (χ4n) is 1.27. The second-order valence-electron chi connectivity index (χ2n) is 3.04. The number of hydrogen-bond acceptors (Lipinski definition) is 4. The molecule has 2 aromatic rings. The minimum Gasteiger partial charge on any atom is -0.374 e. The van der Waals surface area contributed by atoms with Crippen LogP contribution in [0.15, 0.2) is 11.0 Å². The predicted molar refractivity (Wildman–Crippen MR) is 54.0 cm³/mol. The Morgan fingerprint density at radius 1 is 1.67 bits per heavy atom. The van der Waals surface area contributed by atoms with Crippen LogP contribution in [0.25, 0.3) is 5.52 Å². The molecule has 6 nitrogen and oxygen atoms in total. The van der Waals surface area contributed by atoms with Crippen LogP contribution in [0.2, 0.25) is 5.28 Å². The summed E-state index contributed by atoms with van der Waals surface area (Å²) in [6.45, 7) is 1.81. The molecular formula is C8H9ClN4O2. The molecule has 2 heterocycles. The van der Waals surface area contributed by atoms with Crippen molar-refractivity contribution in [2.75, 3.05) is 7.11 Å². The molecule has 1 N–H and O–H groups in total. The number of nitrogens with zero attached hydrogens (tertiary/aromatic N) is 3. The summed E-state index contributed by atoms with van der Waals surface area (Å²) in [5.74, 6) is 0.542. The van der Waals surface area contributed by atoms with E-state index in [4.69, 9.17) is 16.3 Å². The normalized spacial score (nSPS) is 13.3. The number of rotatable bonds is 2. The molecule has 0 radical (unpaired) electrons. The van der Waals surface area contributed by atoms with E-state index in [-0.39, 0.29) is 16.9 Å². The van der Waals surface area contributed by atoms with Crippen molar-refractivity contribution in [3.63, 3.8) is 0 Å². The van der Waals surface area contributed by atoms with Crippen LogP contribution in [0.4, 0.5) is 0 Å². The highest BCUT2D eigenvalue weighted by molar-refractivity contribution is 6.28. The van der Waals surface area contributed by atoms with E-state index in [1.165, 1.54) is 10.7 Å². The Hall–Kier alpha value is -1.40. The molecule has 0 bridgehead atoms. The lowest BCUT2D eigenvalue weighted by molar-refractivity contribution is 0.110. The first kappa shape index (κ1) is 10.1. The number of nitrogens with one attached hydrogen (secondary N) is 1. The number of H-pyrrole nitrogens is 1. The summed E-state index contributed by atoms with van der Waals surface area (Å²) in [5.41, 5.74) is 0.0235. The van der Waals surface area contributed by atoms with Gasteiger partial charge in [0.05, 0.1) is 6.20 Å². The Bertz CT molecular complexity index is 547. The Labute approximate surface area is 89.9 Å². The highest BCUT2D eigenvalue weighted by Gasteiger charge is 2.14. The monoisotopic (exact) mass is 228 g/mol. The van der Waals surface area contributed by atoms with Crippen LogP contribution < -0.4 is 5.56 Å². The zero-order valence-electron chi connectivity index (χ0n) is 8.19. The number of aromatic amines is 1. The predicted octanol–water partition coefficient (Wildman–Crippen LogP) is 0.778. The standard InChI is InChI=1S/C8H9ClN4O2/c1-4(15-2)6-10-3-5-7(14)11-8(9)12-13(5)6/h3-4H,1-2H3,(H,11,12,14). The van der Waals surface area contributed by atoms with Crippen molar-refractivity contribution in [1.82, 2.24) is 19.6 Å². The molecule has 0 spiro atoms. The molecule has 0 saturated heterocycles. The molecule has 80 valence electrons. The number of halogens is 1. The zero-order chi connectivity index (χ0) is 11.0. The van der Waals surface area contributed by atoms with Crippen LogP contribution in [-0.2, 0) is 4.74 Å². The molecule has 0 aromatic carbocycles. The third-order valence-corrected chi connectivity index (χ3v) is 2.29.